The van der Waals surface area contributed by atoms with Crippen LogP contribution in [0.15, 0.2) is 0 Å². The van der Waals surface area contributed by atoms with Gasteiger partial charge in [0, 0.05) is 19.4 Å². The highest BCUT2D eigenvalue weighted by Gasteiger charge is 2.68. The predicted molar refractivity (Wildman–Crippen MR) is 263 cm³/mol. The van der Waals surface area contributed by atoms with Crippen molar-refractivity contribution >= 4 is 0 Å². The SMILES string of the molecule is CCCCCCCCCCCCCCCCCCN[C@@]1(O)[C@@H](O)[C@@H](O)[C@@H](CO)O[C@@]1(CC(C)O)O[C@H]1[C@@H](O)[C@@H](CO)O[C@](O)(CC(O)CNCCCCCCCCCCCCCCCC)[C@@H]1O. The topological polar surface area (TPSA) is 254 Å². The van der Waals surface area contributed by atoms with Crippen molar-refractivity contribution in [1.29, 1.82) is 0 Å². The fourth-order valence-corrected chi connectivity index (χ4v) is 10.0. The van der Waals surface area contributed by atoms with Crippen molar-refractivity contribution < 1.29 is 65.3 Å². The van der Waals surface area contributed by atoms with Crippen molar-refractivity contribution in [2.24, 2.45) is 0 Å². The minimum atomic E-state index is -2.69. The van der Waals surface area contributed by atoms with E-state index in [0.29, 0.717) is 13.0 Å². The molecule has 0 aromatic heterocycles. The molecule has 0 spiro atoms. The lowest BCUT2D eigenvalue weighted by molar-refractivity contribution is -0.449. The normalized spacial score (nSPS) is 30.0. The van der Waals surface area contributed by atoms with Crippen LogP contribution in [0, 0.1) is 0 Å². The Balaban J connectivity index is 1.94. The second kappa shape index (κ2) is 36.3. The van der Waals surface area contributed by atoms with Crippen LogP contribution in [0.4, 0.5) is 0 Å². The quantitative estimate of drug-likeness (QED) is 0.0243. The van der Waals surface area contributed by atoms with Gasteiger partial charge in [0.05, 0.1) is 25.4 Å². The van der Waals surface area contributed by atoms with Gasteiger partial charge >= 0.3 is 0 Å². The molecule has 2 fully saturated rings. The van der Waals surface area contributed by atoms with Crippen molar-refractivity contribution in [2.75, 3.05) is 32.8 Å². The van der Waals surface area contributed by atoms with Crippen LogP contribution in [0.5, 0.6) is 0 Å². The fourth-order valence-electron chi connectivity index (χ4n) is 10.0. The Morgan fingerprint density at radius 1 is 0.507 bits per heavy atom. The molecule has 2 unspecified atom stereocenters. The molecule has 0 amide bonds. The zero-order valence-electron chi connectivity index (χ0n) is 42.6. The Bertz CT molecular complexity index is 1180. The van der Waals surface area contributed by atoms with Gasteiger partial charge in [-0.3, -0.25) is 5.32 Å². The number of unbranched alkanes of at least 4 members (excludes halogenated alkanes) is 28. The van der Waals surface area contributed by atoms with Crippen LogP contribution in [-0.4, -0.2) is 156 Å². The standard InChI is InChI=1S/C52H104N2O13/c1-4-6-8-10-12-14-16-18-20-21-23-25-27-29-31-33-35-54-52(64)48(61)46(60)44(40-56)66-51(52,36-41(3)57)67-47-45(59)43(39-55)65-50(63,49(47)62)37-42(58)38-53-34-32-30-28-26-24-22-19-17-15-13-11-9-7-5-2/h41-49,53-64H,4-40H2,1-3H3/t41?,42?,43-,44-,45+,46+,47+,48+,49-,50-,51+,52-/m1/s1. The van der Waals surface area contributed by atoms with E-state index >= 15 is 0 Å². The molecule has 0 radical (unpaired) electrons. The second-order valence-electron chi connectivity index (χ2n) is 20.4. The summed E-state index contributed by atoms with van der Waals surface area (Å²) in [4.78, 5) is 0. The summed E-state index contributed by atoms with van der Waals surface area (Å²) >= 11 is 0. The molecular weight excluding hydrogens is 861 g/mol. The number of ether oxygens (including phenoxy) is 3. The highest BCUT2D eigenvalue weighted by Crippen LogP contribution is 2.45. The highest BCUT2D eigenvalue weighted by molar-refractivity contribution is 5.09. The molecule has 2 heterocycles. The number of aliphatic hydroxyl groups excluding tert-OH is 8. The first-order chi connectivity index (χ1) is 32.3. The molecule has 2 aliphatic rings. The molecular formula is C52H104N2O13. The van der Waals surface area contributed by atoms with Gasteiger partial charge in [0.25, 0.3) is 0 Å². The maximum absolute atomic E-state index is 12.4. The van der Waals surface area contributed by atoms with Gasteiger partial charge in [-0.2, -0.15) is 0 Å². The Morgan fingerprint density at radius 3 is 1.30 bits per heavy atom. The lowest BCUT2D eigenvalue weighted by atomic mass is 9.82. The van der Waals surface area contributed by atoms with Gasteiger partial charge in [0.15, 0.2) is 11.5 Å². The summed E-state index contributed by atoms with van der Waals surface area (Å²) in [6.45, 7) is 4.97. The first-order valence-corrected chi connectivity index (χ1v) is 27.5. The third-order valence-corrected chi connectivity index (χ3v) is 14.2. The average molecular weight is 965 g/mol. The Morgan fingerprint density at radius 2 is 0.896 bits per heavy atom. The molecule has 2 rings (SSSR count). The maximum atomic E-state index is 12.4. The third-order valence-electron chi connectivity index (χ3n) is 14.2. The van der Waals surface area contributed by atoms with Gasteiger partial charge in [-0.15, -0.1) is 0 Å². The number of nitrogens with one attached hydrogen (secondary N) is 2. The summed E-state index contributed by atoms with van der Waals surface area (Å²) in [6.07, 6.45) is 19.7. The van der Waals surface area contributed by atoms with Gasteiger partial charge in [0.2, 0.25) is 5.79 Å². The average Bonchev–Trinajstić information content (AvgIpc) is 3.30. The van der Waals surface area contributed by atoms with Crippen molar-refractivity contribution in [1.82, 2.24) is 10.6 Å². The molecule has 15 nitrogen and oxygen atoms in total. The van der Waals surface area contributed by atoms with Crippen molar-refractivity contribution in [3.05, 3.63) is 0 Å². The molecule has 2 aliphatic heterocycles. The molecule has 0 aromatic carbocycles. The van der Waals surface area contributed by atoms with Gasteiger partial charge in [-0.25, -0.2) is 0 Å². The summed E-state index contributed by atoms with van der Waals surface area (Å²) in [5, 5.41) is 118. The lowest BCUT2D eigenvalue weighted by Gasteiger charge is -2.58. The Hall–Kier alpha value is -0.600. The van der Waals surface area contributed by atoms with E-state index in [1.807, 2.05) is 0 Å². The first-order valence-electron chi connectivity index (χ1n) is 27.5. The van der Waals surface area contributed by atoms with Crippen molar-refractivity contribution in [2.45, 2.75) is 298 Å². The smallest absolute Gasteiger partial charge is 0.217 e. The fraction of sp³-hybridized carbons (Fsp3) is 1.00. The number of hydrogen-bond acceptors (Lipinski definition) is 15. The van der Waals surface area contributed by atoms with Gasteiger partial charge in [0.1, 0.15) is 42.7 Å². The van der Waals surface area contributed by atoms with Crippen molar-refractivity contribution in [3.8, 4) is 0 Å². The molecule has 400 valence electrons. The van der Waals surface area contributed by atoms with Crippen LogP contribution in [0.3, 0.4) is 0 Å². The predicted octanol–water partition coefficient (Wildman–Crippen LogP) is 6.11. The van der Waals surface area contributed by atoms with Crippen LogP contribution in [0.1, 0.15) is 226 Å². The molecule has 2 saturated heterocycles. The Kier molecular flexibility index (Phi) is 33.9. The second-order valence-corrected chi connectivity index (χ2v) is 20.4. The zero-order chi connectivity index (χ0) is 49.4. The van der Waals surface area contributed by atoms with E-state index < -0.39 is 98.3 Å². The lowest BCUT2D eigenvalue weighted by Crippen LogP contribution is -2.81. The van der Waals surface area contributed by atoms with E-state index in [4.69, 9.17) is 14.2 Å². The van der Waals surface area contributed by atoms with Crippen LogP contribution in [0.25, 0.3) is 0 Å². The van der Waals surface area contributed by atoms with Crippen molar-refractivity contribution in [3.63, 3.8) is 0 Å². The molecule has 0 aliphatic carbocycles. The molecule has 12 atom stereocenters. The maximum Gasteiger partial charge on any atom is 0.217 e. The van der Waals surface area contributed by atoms with Gasteiger partial charge in [-0.05, 0) is 32.9 Å². The molecule has 0 saturated carbocycles. The summed E-state index contributed by atoms with van der Waals surface area (Å²) < 4.78 is 18.0. The summed E-state index contributed by atoms with van der Waals surface area (Å²) in [7, 11) is 0. The van der Waals surface area contributed by atoms with E-state index in [9.17, 15) is 51.1 Å². The molecule has 0 bridgehead atoms. The number of aliphatic hydroxyl groups is 10. The third kappa shape index (κ3) is 22.8. The summed E-state index contributed by atoms with van der Waals surface area (Å²) in [6, 6.07) is 0. The molecule has 15 heteroatoms. The molecule has 67 heavy (non-hydrogen) atoms. The highest BCUT2D eigenvalue weighted by atomic mass is 16.7. The van der Waals surface area contributed by atoms with Crippen LogP contribution in [-0.2, 0) is 14.2 Å². The van der Waals surface area contributed by atoms with Crippen LogP contribution in [0.2, 0.25) is 0 Å². The first kappa shape index (κ1) is 62.5. The van der Waals surface area contributed by atoms with E-state index in [-0.39, 0.29) is 13.1 Å². The minimum Gasteiger partial charge on any atom is -0.394 e. The largest absolute Gasteiger partial charge is 0.394 e. The van der Waals surface area contributed by atoms with E-state index in [0.717, 1.165) is 44.9 Å². The van der Waals surface area contributed by atoms with Gasteiger partial charge in [-0.1, -0.05) is 194 Å². The summed E-state index contributed by atoms with van der Waals surface area (Å²) in [5.74, 6) is -5.14. The van der Waals surface area contributed by atoms with E-state index in [1.165, 1.54) is 148 Å². The van der Waals surface area contributed by atoms with Crippen LogP contribution < -0.4 is 10.6 Å². The summed E-state index contributed by atoms with van der Waals surface area (Å²) in [5.41, 5.74) is -2.69. The van der Waals surface area contributed by atoms with Gasteiger partial charge < -0.3 is 70.6 Å². The number of rotatable bonds is 43. The van der Waals surface area contributed by atoms with E-state index in [2.05, 4.69) is 24.5 Å². The number of hydrogen-bond donors (Lipinski definition) is 12. The molecule has 12 N–H and O–H groups in total. The molecule has 0 aromatic rings. The zero-order valence-corrected chi connectivity index (χ0v) is 42.6. The van der Waals surface area contributed by atoms with Crippen LogP contribution >= 0.6 is 0 Å². The minimum absolute atomic E-state index is 0.0507. The van der Waals surface area contributed by atoms with E-state index in [1.54, 1.807) is 0 Å². The monoisotopic (exact) mass is 965 g/mol. The Labute approximate surface area is 406 Å².